The van der Waals surface area contributed by atoms with E-state index in [0.717, 1.165) is 36.7 Å². The molecule has 1 aliphatic heterocycles. The van der Waals surface area contributed by atoms with Crippen LogP contribution in [0.3, 0.4) is 0 Å². The lowest BCUT2D eigenvalue weighted by atomic mass is 10.0. The van der Waals surface area contributed by atoms with Gasteiger partial charge in [0.2, 0.25) is 5.91 Å². The van der Waals surface area contributed by atoms with Crippen LogP contribution in [0.4, 0.5) is 0 Å². The van der Waals surface area contributed by atoms with Gasteiger partial charge >= 0.3 is 0 Å². The number of rotatable bonds is 6. The van der Waals surface area contributed by atoms with Crippen molar-refractivity contribution in [1.82, 2.24) is 16.0 Å². The number of carbonyl (C=O) groups is 2. The zero-order chi connectivity index (χ0) is 15.8. The predicted molar refractivity (Wildman–Crippen MR) is 89.7 cm³/mol. The second-order valence-corrected chi connectivity index (χ2v) is 6.33. The molecule has 120 valence electrons. The molecule has 6 heteroatoms. The Morgan fingerprint density at radius 1 is 1.23 bits per heavy atom. The fourth-order valence-corrected chi connectivity index (χ4v) is 2.83. The maximum Gasteiger partial charge on any atom is 0.251 e. The number of nitrogens with one attached hydrogen (secondary N) is 3. The third-order valence-corrected chi connectivity index (χ3v) is 4.15. The molecule has 22 heavy (non-hydrogen) atoms. The number of amides is 2. The standard InChI is InChI=1S/C16H22BrN3O2/c17-13-6-3-5-12(11-13)15(21)19-9-4-10-20-16(22)14-7-1-2-8-18-14/h3,5-6,11,14,18H,1-2,4,7-10H2,(H,19,21)(H,20,22). The van der Waals surface area contributed by atoms with Crippen LogP contribution in [0.5, 0.6) is 0 Å². The smallest absolute Gasteiger partial charge is 0.251 e. The third kappa shape index (κ3) is 5.42. The van der Waals surface area contributed by atoms with Gasteiger partial charge in [-0.1, -0.05) is 28.4 Å². The van der Waals surface area contributed by atoms with Crippen LogP contribution in [0.1, 0.15) is 36.0 Å². The molecule has 1 aliphatic rings. The Morgan fingerprint density at radius 2 is 2.05 bits per heavy atom. The number of hydrogen-bond donors (Lipinski definition) is 3. The maximum atomic E-state index is 11.9. The molecule has 1 saturated heterocycles. The number of piperidine rings is 1. The number of carbonyl (C=O) groups excluding carboxylic acids is 2. The molecular weight excluding hydrogens is 346 g/mol. The molecule has 0 radical (unpaired) electrons. The van der Waals surface area contributed by atoms with Crippen molar-refractivity contribution in [3.05, 3.63) is 34.3 Å². The highest BCUT2D eigenvalue weighted by atomic mass is 79.9. The van der Waals surface area contributed by atoms with Gasteiger partial charge < -0.3 is 16.0 Å². The summed E-state index contributed by atoms with van der Waals surface area (Å²) in [5.74, 6) is -0.0282. The van der Waals surface area contributed by atoms with Gasteiger partial charge in [0.05, 0.1) is 6.04 Å². The first-order chi connectivity index (χ1) is 10.7. The Bertz CT molecular complexity index is 516. The molecule has 3 N–H and O–H groups in total. The quantitative estimate of drug-likeness (QED) is 0.671. The maximum absolute atomic E-state index is 11.9. The van der Waals surface area contributed by atoms with Crippen LogP contribution in [0.15, 0.2) is 28.7 Å². The highest BCUT2D eigenvalue weighted by Gasteiger charge is 2.19. The molecule has 1 unspecified atom stereocenters. The molecule has 1 atom stereocenters. The lowest BCUT2D eigenvalue weighted by Gasteiger charge is -2.22. The highest BCUT2D eigenvalue weighted by Crippen LogP contribution is 2.11. The van der Waals surface area contributed by atoms with Crippen molar-refractivity contribution in [1.29, 1.82) is 0 Å². The van der Waals surface area contributed by atoms with Crippen molar-refractivity contribution in [2.24, 2.45) is 0 Å². The van der Waals surface area contributed by atoms with Gasteiger partial charge in [-0.2, -0.15) is 0 Å². The number of benzene rings is 1. The topological polar surface area (TPSA) is 70.2 Å². The van der Waals surface area contributed by atoms with E-state index in [0.29, 0.717) is 18.7 Å². The Labute approximate surface area is 139 Å². The van der Waals surface area contributed by atoms with Gasteiger partial charge in [-0.15, -0.1) is 0 Å². The van der Waals surface area contributed by atoms with Crippen LogP contribution >= 0.6 is 15.9 Å². The van der Waals surface area contributed by atoms with Gasteiger partial charge in [0.15, 0.2) is 0 Å². The van der Waals surface area contributed by atoms with Crippen LogP contribution in [0.25, 0.3) is 0 Å². The van der Waals surface area contributed by atoms with Crippen molar-refractivity contribution in [3.8, 4) is 0 Å². The minimum absolute atomic E-state index is 0.0509. The van der Waals surface area contributed by atoms with E-state index in [1.54, 1.807) is 12.1 Å². The Hall–Kier alpha value is -1.40. The summed E-state index contributed by atoms with van der Waals surface area (Å²) in [5.41, 5.74) is 0.629. The molecule has 2 amide bonds. The van der Waals surface area contributed by atoms with Gasteiger partial charge in [0.1, 0.15) is 0 Å². The molecule has 0 spiro atoms. The van der Waals surface area contributed by atoms with E-state index in [9.17, 15) is 9.59 Å². The zero-order valence-electron chi connectivity index (χ0n) is 12.5. The molecule has 5 nitrogen and oxygen atoms in total. The van der Waals surface area contributed by atoms with E-state index in [1.807, 2.05) is 12.1 Å². The Kier molecular flexibility index (Phi) is 6.86. The molecule has 0 bridgehead atoms. The molecular formula is C16H22BrN3O2. The monoisotopic (exact) mass is 367 g/mol. The number of hydrogen-bond acceptors (Lipinski definition) is 3. The van der Waals surface area contributed by atoms with Crippen molar-refractivity contribution in [3.63, 3.8) is 0 Å². The first-order valence-corrected chi connectivity index (χ1v) is 8.51. The lowest BCUT2D eigenvalue weighted by molar-refractivity contribution is -0.123. The zero-order valence-corrected chi connectivity index (χ0v) is 14.1. The lowest BCUT2D eigenvalue weighted by Crippen LogP contribution is -2.47. The van der Waals surface area contributed by atoms with Gasteiger partial charge in [-0.3, -0.25) is 9.59 Å². The molecule has 0 saturated carbocycles. The molecule has 2 rings (SSSR count). The van der Waals surface area contributed by atoms with Crippen molar-refractivity contribution in [2.75, 3.05) is 19.6 Å². The summed E-state index contributed by atoms with van der Waals surface area (Å²) in [6, 6.07) is 7.22. The Balaban J connectivity index is 1.60. The van der Waals surface area contributed by atoms with E-state index in [4.69, 9.17) is 0 Å². The van der Waals surface area contributed by atoms with Crippen LogP contribution in [-0.4, -0.2) is 37.5 Å². The van der Waals surface area contributed by atoms with Gasteiger partial charge in [0, 0.05) is 23.1 Å². The van der Waals surface area contributed by atoms with Crippen molar-refractivity contribution >= 4 is 27.7 Å². The highest BCUT2D eigenvalue weighted by molar-refractivity contribution is 9.10. The fourth-order valence-electron chi connectivity index (χ4n) is 2.43. The summed E-state index contributed by atoms with van der Waals surface area (Å²) in [5, 5.41) is 8.99. The van der Waals surface area contributed by atoms with E-state index in [2.05, 4.69) is 31.9 Å². The van der Waals surface area contributed by atoms with Gasteiger partial charge in [-0.05, 0) is 44.0 Å². The molecule has 1 heterocycles. The van der Waals surface area contributed by atoms with Gasteiger partial charge in [-0.25, -0.2) is 0 Å². The minimum atomic E-state index is -0.0958. The fraction of sp³-hybridized carbons (Fsp3) is 0.500. The minimum Gasteiger partial charge on any atom is -0.355 e. The summed E-state index contributed by atoms with van der Waals surface area (Å²) >= 11 is 3.34. The van der Waals surface area contributed by atoms with E-state index in [1.165, 1.54) is 0 Å². The summed E-state index contributed by atoms with van der Waals surface area (Å²) in [6.07, 6.45) is 3.88. The average molecular weight is 368 g/mol. The van der Waals surface area contributed by atoms with Crippen LogP contribution in [0.2, 0.25) is 0 Å². The number of halogens is 1. The Morgan fingerprint density at radius 3 is 2.77 bits per heavy atom. The van der Waals surface area contributed by atoms with Gasteiger partial charge in [0.25, 0.3) is 5.91 Å². The van der Waals surface area contributed by atoms with E-state index < -0.39 is 0 Å². The average Bonchev–Trinajstić information content (AvgIpc) is 2.55. The summed E-state index contributed by atoms with van der Waals surface area (Å²) in [7, 11) is 0. The van der Waals surface area contributed by atoms with Crippen molar-refractivity contribution in [2.45, 2.75) is 31.7 Å². The third-order valence-electron chi connectivity index (χ3n) is 3.65. The van der Waals surface area contributed by atoms with Crippen LogP contribution in [0, 0.1) is 0 Å². The molecule has 1 aromatic carbocycles. The van der Waals surface area contributed by atoms with Crippen molar-refractivity contribution < 1.29 is 9.59 Å². The van der Waals surface area contributed by atoms with E-state index in [-0.39, 0.29) is 17.9 Å². The second kappa shape index (κ2) is 8.90. The summed E-state index contributed by atoms with van der Waals surface area (Å²) < 4.78 is 0.882. The first-order valence-electron chi connectivity index (χ1n) is 7.71. The SMILES string of the molecule is O=C(NCCCNC(=O)C1CCCCN1)c1cccc(Br)c1. The molecule has 1 fully saturated rings. The molecule has 0 aromatic heterocycles. The molecule has 0 aliphatic carbocycles. The summed E-state index contributed by atoms with van der Waals surface area (Å²) in [4.78, 5) is 23.8. The normalized spacial score (nSPS) is 17.8. The largest absolute Gasteiger partial charge is 0.355 e. The first kappa shape index (κ1) is 17.0. The van der Waals surface area contributed by atoms with Crippen LogP contribution in [-0.2, 0) is 4.79 Å². The summed E-state index contributed by atoms with van der Waals surface area (Å²) in [6.45, 7) is 2.04. The second-order valence-electron chi connectivity index (χ2n) is 5.41. The van der Waals surface area contributed by atoms with E-state index >= 15 is 0 Å². The predicted octanol–water partition coefficient (Wildman–Crippen LogP) is 1.83. The van der Waals surface area contributed by atoms with Crippen LogP contribution < -0.4 is 16.0 Å². The molecule has 1 aromatic rings.